The van der Waals surface area contributed by atoms with Gasteiger partial charge in [-0.3, -0.25) is 19.8 Å². The van der Waals surface area contributed by atoms with Crippen LogP contribution in [-0.2, 0) is 14.3 Å². The van der Waals surface area contributed by atoms with Crippen LogP contribution in [0.2, 0.25) is 0 Å². The molecule has 33 heavy (non-hydrogen) atoms. The summed E-state index contributed by atoms with van der Waals surface area (Å²) < 4.78 is 5.77. The van der Waals surface area contributed by atoms with E-state index in [0.717, 1.165) is 22.7 Å². The zero-order valence-corrected chi connectivity index (χ0v) is 20.6. The van der Waals surface area contributed by atoms with Crippen LogP contribution in [0.5, 0.6) is 0 Å². The van der Waals surface area contributed by atoms with Gasteiger partial charge in [-0.1, -0.05) is 37.2 Å². The Kier molecular flexibility index (Phi) is 9.56. The summed E-state index contributed by atoms with van der Waals surface area (Å²) >= 11 is 2.65. The average molecular weight is 491 g/mol. The second kappa shape index (κ2) is 12.6. The summed E-state index contributed by atoms with van der Waals surface area (Å²) in [4.78, 5) is 42.6. The molecule has 3 rings (SSSR count). The highest BCUT2D eigenvalue weighted by Gasteiger charge is 2.24. The number of nitrogens with zero attached hydrogens (tertiary/aromatic N) is 2. The Bertz CT molecular complexity index is 959. The molecule has 1 saturated carbocycles. The Morgan fingerprint density at radius 1 is 1.21 bits per heavy atom. The van der Waals surface area contributed by atoms with Gasteiger partial charge in [-0.05, 0) is 43.9 Å². The summed E-state index contributed by atoms with van der Waals surface area (Å²) in [6.45, 7) is 4.52. The zero-order chi connectivity index (χ0) is 23.6. The summed E-state index contributed by atoms with van der Waals surface area (Å²) in [5, 5.41) is 6.22. The number of thioether (sulfide) groups is 1. The number of urea groups is 1. The Hall–Kier alpha value is -2.59. The minimum atomic E-state index is -0.278. The number of amides is 3. The molecule has 0 aliphatic heterocycles. The summed E-state index contributed by atoms with van der Waals surface area (Å²) in [6.07, 6.45) is 6.59. The number of rotatable bonds is 10. The molecule has 3 amide bonds. The molecule has 0 spiro atoms. The number of hydrogen-bond donors (Lipinski definition) is 2. The number of esters is 1. The summed E-state index contributed by atoms with van der Waals surface area (Å²) in [5.74, 6) is 0.290. The third kappa shape index (κ3) is 7.75. The maximum Gasteiger partial charge on any atom is 0.328 e. The van der Waals surface area contributed by atoms with Crippen LogP contribution in [0.4, 0.5) is 21.3 Å². The number of nitrogens with one attached hydrogen (secondary N) is 2. The van der Waals surface area contributed by atoms with Gasteiger partial charge in [-0.25, -0.2) is 9.78 Å². The molecule has 1 aliphatic rings. The third-order valence-electron chi connectivity index (χ3n) is 5.26. The Balaban J connectivity index is 1.70. The number of anilines is 3. The van der Waals surface area contributed by atoms with Crippen LogP contribution in [0, 0.1) is 5.92 Å². The number of carbonyl (C=O) groups is 3. The van der Waals surface area contributed by atoms with Gasteiger partial charge in [0.05, 0.1) is 22.8 Å². The number of benzene rings is 1. The first-order valence-electron chi connectivity index (χ1n) is 11.2. The Morgan fingerprint density at radius 3 is 2.73 bits per heavy atom. The van der Waals surface area contributed by atoms with Crippen molar-refractivity contribution in [3.05, 3.63) is 30.5 Å². The minimum Gasteiger partial charge on any atom is -0.465 e. The predicted octanol–water partition coefficient (Wildman–Crippen LogP) is 5.38. The normalized spacial score (nSPS) is 13.5. The maximum absolute atomic E-state index is 13.3. The summed E-state index contributed by atoms with van der Waals surface area (Å²) in [5.41, 5.74) is 1.39. The van der Waals surface area contributed by atoms with Crippen molar-refractivity contribution in [1.29, 1.82) is 0 Å². The lowest BCUT2D eigenvalue weighted by atomic mass is 10.1. The quantitative estimate of drug-likeness (QED) is 0.343. The van der Waals surface area contributed by atoms with Crippen LogP contribution in [0.25, 0.3) is 0 Å². The van der Waals surface area contributed by atoms with E-state index >= 15 is 0 Å². The molecule has 2 N–H and O–H groups in total. The molecule has 10 heteroatoms. The monoisotopic (exact) mass is 490 g/mol. The minimum absolute atomic E-state index is 0.0745. The van der Waals surface area contributed by atoms with Crippen LogP contribution >= 0.6 is 23.1 Å². The molecule has 2 aromatic rings. The van der Waals surface area contributed by atoms with Crippen molar-refractivity contribution in [2.75, 3.05) is 34.4 Å². The van der Waals surface area contributed by atoms with Crippen molar-refractivity contribution >= 4 is 57.5 Å². The van der Waals surface area contributed by atoms with Crippen molar-refractivity contribution in [3.8, 4) is 0 Å². The van der Waals surface area contributed by atoms with Gasteiger partial charge >= 0.3 is 12.0 Å². The highest BCUT2D eigenvalue weighted by atomic mass is 32.2. The van der Waals surface area contributed by atoms with E-state index in [1.807, 2.05) is 24.3 Å². The standard InChI is InChI=1S/C23H30N4O4S2/c1-3-19(28)25-17-10-7-11-18(12-17)27(14-16-8-5-6-9-16)23(30)26-22-24-13-21(33-22)32-15-20(29)31-4-2/h7,10-13,16H,3-6,8-9,14-15H2,1-2H3,(H,25,28)(H,24,26,30). The SMILES string of the molecule is CCOC(=O)CSc1cnc(NC(=O)N(CC2CCCC2)c2cccc(NC(=O)CC)c2)s1. The maximum atomic E-state index is 13.3. The van der Waals surface area contributed by atoms with Gasteiger partial charge in [0.2, 0.25) is 5.91 Å². The van der Waals surface area contributed by atoms with Crippen molar-refractivity contribution in [2.24, 2.45) is 5.92 Å². The fourth-order valence-corrected chi connectivity index (χ4v) is 5.29. The molecule has 1 aliphatic carbocycles. The molecule has 1 fully saturated rings. The first-order valence-corrected chi connectivity index (χ1v) is 13.0. The average Bonchev–Trinajstić information content (AvgIpc) is 3.48. The van der Waals surface area contributed by atoms with Gasteiger partial charge in [0.15, 0.2) is 5.13 Å². The fourth-order valence-electron chi connectivity index (χ4n) is 3.63. The lowest BCUT2D eigenvalue weighted by molar-refractivity contribution is -0.139. The second-order valence-electron chi connectivity index (χ2n) is 7.72. The second-order valence-corrected chi connectivity index (χ2v) is 10.0. The number of carbonyl (C=O) groups excluding carboxylic acids is 3. The molecule has 1 aromatic carbocycles. The van der Waals surface area contributed by atoms with Crippen LogP contribution in [0.1, 0.15) is 46.0 Å². The van der Waals surface area contributed by atoms with E-state index < -0.39 is 0 Å². The van der Waals surface area contributed by atoms with Gasteiger partial charge in [-0.15, -0.1) is 11.8 Å². The highest BCUT2D eigenvalue weighted by Crippen LogP contribution is 2.31. The molecule has 1 heterocycles. The van der Waals surface area contributed by atoms with Crippen LogP contribution in [0.15, 0.2) is 34.7 Å². The van der Waals surface area contributed by atoms with Gasteiger partial charge in [-0.2, -0.15) is 0 Å². The molecule has 0 saturated heterocycles. The summed E-state index contributed by atoms with van der Waals surface area (Å²) in [6, 6.07) is 7.08. The largest absolute Gasteiger partial charge is 0.465 e. The molecule has 0 atom stereocenters. The summed E-state index contributed by atoms with van der Waals surface area (Å²) in [7, 11) is 0. The van der Waals surface area contributed by atoms with Crippen LogP contribution in [0.3, 0.4) is 0 Å². The molecule has 0 unspecified atom stereocenters. The van der Waals surface area contributed by atoms with E-state index in [2.05, 4.69) is 15.6 Å². The lowest BCUT2D eigenvalue weighted by Crippen LogP contribution is -2.38. The highest BCUT2D eigenvalue weighted by molar-refractivity contribution is 8.01. The molecular weight excluding hydrogens is 460 g/mol. The van der Waals surface area contributed by atoms with E-state index in [-0.39, 0.29) is 23.7 Å². The number of ether oxygens (including phenoxy) is 1. The van der Waals surface area contributed by atoms with Gasteiger partial charge in [0.25, 0.3) is 0 Å². The predicted molar refractivity (Wildman–Crippen MR) is 133 cm³/mol. The van der Waals surface area contributed by atoms with E-state index in [1.54, 1.807) is 24.9 Å². The van der Waals surface area contributed by atoms with Crippen LogP contribution in [-0.4, -0.2) is 41.8 Å². The van der Waals surface area contributed by atoms with Gasteiger partial charge < -0.3 is 10.1 Å². The topological polar surface area (TPSA) is 101 Å². The first kappa shape index (κ1) is 25.0. The molecule has 0 bridgehead atoms. The fraction of sp³-hybridized carbons (Fsp3) is 0.478. The molecule has 0 radical (unpaired) electrons. The van der Waals surface area contributed by atoms with Crippen LogP contribution < -0.4 is 15.5 Å². The lowest BCUT2D eigenvalue weighted by Gasteiger charge is -2.26. The zero-order valence-electron chi connectivity index (χ0n) is 19.0. The smallest absolute Gasteiger partial charge is 0.328 e. The first-order chi connectivity index (χ1) is 16.0. The van der Waals surface area contributed by atoms with E-state index in [0.29, 0.717) is 36.3 Å². The number of thiazole rings is 1. The molecular formula is C23H30N4O4S2. The van der Waals surface area contributed by atoms with E-state index in [4.69, 9.17) is 4.74 Å². The van der Waals surface area contributed by atoms with Crippen molar-refractivity contribution < 1.29 is 19.1 Å². The molecule has 178 valence electrons. The molecule has 8 nitrogen and oxygen atoms in total. The van der Waals surface area contributed by atoms with E-state index in [9.17, 15) is 14.4 Å². The Labute approximate surface area is 202 Å². The Morgan fingerprint density at radius 2 is 2.00 bits per heavy atom. The molecule has 1 aromatic heterocycles. The van der Waals surface area contributed by atoms with Crippen molar-refractivity contribution in [1.82, 2.24) is 4.98 Å². The number of aromatic nitrogens is 1. The van der Waals surface area contributed by atoms with Gasteiger partial charge in [0.1, 0.15) is 0 Å². The number of hydrogen-bond acceptors (Lipinski definition) is 7. The van der Waals surface area contributed by atoms with E-state index in [1.165, 1.54) is 35.9 Å². The van der Waals surface area contributed by atoms with Crippen molar-refractivity contribution in [2.45, 2.75) is 50.2 Å². The van der Waals surface area contributed by atoms with Crippen molar-refractivity contribution in [3.63, 3.8) is 0 Å². The third-order valence-corrected chi connectivity index (χ3v) is 7.34. The van der Waals surface area contributed by atoms with Gasteiger partial charge in [0, 0.05) is 24.3 Å².